The number of carbonyl (C=O) groups is 1. The van der Waals surface area contributed by atoms with Gasteiger partial charge in [-0.25, -0.2) is 4.98 Å². The highest BCUT2D eigenvalue weighted by atomic mass is 16.5. The van der Waals surface area contributed by atoms with Crippen LogP contribution in [0.2, 0.25) is 0 Å². The number of amides is 1. The van der Waals surface area contributed by atoms with E-state index in [9.17, 15) is 4.79 Å². The second kappa shape index (κ2) is 7.13. The molecule has 5 rings (SSSR count). The smallest absolute Gasteiger partial charge is 0.272 e. The summed E-state index contributed by atoms with van der Waals surface area (Å²) in [7, 11) is 0. The van der Waals surface area contributed by atoms with E-state index < -0.39 is 0 Å². The SMILES string of the molecule is O=C(NC1COc2ccccc2C1)c1nc2n(c1-c1ccccc1)CCNC2. The second-order valence-corrected chi connectivity index (χ2v) is 7.21. The number of imidazole rings is 1. The minimum Gasteiger partial charge on any atom is -0.491 e. The van der Waals surface area contributed by atoms with Gasteiger partial charge in [0, 0.05) is 18.7 Å². The van der Waals surface area contributed by atoms with Gasteiger partial charge in [0.25, 0.3) is 5.91 Å². The lowest BCUT2D eigenvalue weighted by Crippen LogP contribution is -2.43. The molecule has 28 heavy (non-hydrogen) atoms. The summed E-state index contributed by atoms with van der Waals surface area (Å²) in [6.07, 6.45) is 0.762. The Morgan fingerprint density at radius 1 is 1.14 bits per heavy atom. The Bertz CT molecular complexity index is 1010. The van der Waals surface area contributed by atoms with E-state index in [2.05, 4.69) is 20.2 Å². The van der Waals surface area contributed by atoms with E-state index in [4.69, 9.17) is 4.74 Å². The van der Waals surface area contributed by atoms with Crippen molar-refractivity contribution < 1.29 is 9.53 Å². The number of benzene rings is 2. The summed E-state index contributed by atoms with van der Waals surface area (Å²) in [5.41, 5.74) is 3.52. The second-order valence-electron chi connectivity index (χ2n) is 7.21. The first-order valence-electron chi connectivity index (χ1n) is 9.66. The summed E-state index contributed by atoms with van der Waals surface area (Å²) in [5, 5.41) is 6.46. The van der Waals surface area contributed by atoms with Crippen molar-refractivity contribution in [2.75, 3.05) is 13.2 Å². The van der Waals surface area contributed by atoms with E-state index in [1.807, 2.05) is 54.6 Å². The molecule has 1 atom stereocenters. The van der Waals surface area contributed by atoms with E-state index >= 15 is 0 Å². The molecule has 0 saturated carbocycles. The minimum atomic E-state index is -0.145. The van der Waals surface area contributed by atoms with Crippen LogP contribution in [0.5, 0.6) is 5.75 Å². The lowest BCUT2D eigenvalue weighted by atomic mass is 10.0. The molecule has 3 aromatic rings. The molecule has 6 nitrogen and oxygen atoms in total. The van der Waals surface area contributed by atoms with Crippen LogP contribution in [0.25, 0.3) is 11.3 Å². The quantitative estimate of drug-likeness (QED) is 0.739. The number of hydrogen-bond acceptors (Lipinski definition) is 4. The molecule has 2 aliphatic rings. The Kier molecular flexibility index (Phi) is 4.33. The molecule has 3 heterocycles. The first kappa shape index (κ1) is 17.0. The summed E-state index contributed by atoms with van der Waals surface area (Å²) >= 11 is 0. The van der Waals surface area contributed by atoms with Gasteiger partial charge in [0.15, 0.2) is 5.69 Å². The van der Waals surface area contributed by atoms with Gasteiger partial charge in [-0.05, 0) is 18.1 Å². The van der Waals surface area contributed by atoms with Crippen LogP contribution in [-0.4, -0.2) is 34.7 Å². The van der Waals surface area contributed by atoms with Gasteiger partial charge in [-0.3, -0.25) is 4.79 Å². The van der Waals surface area contributed by atoms with E-state index in [1.165, 1.54) is 0 Å². The predicted molar refractivity (Wildman–Crippen MR) is 106 cm³/mol. The fraction of sp³-hybridized carbons (Fsp3) is 0.273. The van der Waals surface area contributed by atoms with Crippen molar-refractivity contribution in [3.63, 3.8) is 0 Å². The highest BCUT2D eigenvalue weighted by Crippen LogP contribution is 2.28. The molecule has 2 aliphatic heterocycles. The fourth-order valence-electron chi connectivity index (χ4n) is 3.99. The molecular weight excluding hydrogens is 352 g/mol. The summed E-state index contributed by atoms with van der Waals surface area (Å²) in [6.45, 7) is 2.82. The van der Waals surface area contributed by atoms with Crippen LogP contribution in [0.4, 0.5) is 0 Å². The standard InChI is InChI=1S/C22H22N4O2/c27-22(24-17-12-16-8-4-5-9-18(16)28-14-17)20-21(15-6-2-1-3-7-15)26-11-10-23-13-19(26)25-20/h1-9,17,23H,10-14H2,(H,24,27). The third-order valence-corrected chi connectivity index (χ3v) is 5.32. The third-order valence-electron chi connectivity index (χ3n) is 5.32. The van der Waals surface area contributed by atoms with E-state index in [0.29, 0.717) is 18.8 Å². The van der Waals surface area contributed by atoms with Crippen molar-refractivity contribution in [3.05, 3.63) is 71.7 Å². The molecule has 1 amide bonds. The van der Waals surface area contributed by atoms with Gasteiger partial charge in [-0.15, -0.1) is 0 Å². The molecule has 2 N–H and O–H groups in total. The number of ether oxygens (including phenoxy) is 1. The normalized spacial score (nSPS) is 17.9. The molecule has 0 bridgehead atoms. The number of para-hydroxylation sites is 1. The van der Waals surface area contributed by atoms with Crippen LogP contribution >= 0.6 is 0 Å². The van der Waals surface area contributed by atoms with Crippen LogP contribution < -0.4 is 15.4 Å². The molecule has 0 saturated heterocycles. The van der Waals surface area contributed by atoms with E-state index in [1.54, 1.807) is 0 Å². The van der Waals surface area contributed by atoms with Gasteiger partial charge < -0.3 is 19.9 Å². The molecule has 0 radical (unpaired) electrons. The van der Waals surface area contributed by atoms with Gasteiger partial charge in [0.2, 0.25) is 0 Å². The van der Waals surface area contributed by atoms with E-state index in [-0.39, 0.29) is 11.9 Å². The number of nitrogens with one attached hydrogen (secondary N) is 2. The predicted octanol–water partition coefficient (Wildman–Crippen LogP) is 2.39. The lowest BCUT2D eigenvalue weighted by Gasteiger charge is -2.26. The zero-order valence-corrected chi connectivity index (χ0v) is 15.5. The Morgan fingerprint density at radius 3 is 2.86 bits per heavy atom. The maximum absolute atomic E-state index is 13.2. The topological polar surface area (TPSA) is 68.2 Å². The maximum Gasteiger partial charge on any atom is 0.272 e. The highest BCUT2D eigenvalue weighted by Gasteiger charge is 2.28. The molecule has 1 aromatic heterocycles. The Hall–Kier alpha value is -3.12. The van der Waals surface area contributed by atoms with Gasteiger partial charge >= 0.3 is 0 Å². The van der Waals surface area contributed by atoms with Crippen LogP contribution in [0.15, 0.2) is 54.6 Å². The average molecular weight is 374 g/mol. The van der Waals surface area contributed by atoms with Crippen molar-refractivity contribution in [2.24, 2.45) is 0 Å². The van der Waals surface area contributed by atoms with Crippen LogP contribution in [0, 0.1) is 0 Å². The number of fused-ring (bicyclic) bond motifs is 2. The van der Waals surface area contributed by atoms with E-state index in [0.717, 1.165) is 47.9 Å². The fourth-order valence-corrected chi connectivity index (χ4v) is 3.99. The number of hydrogen-bond donors (Lipinski definition) is 2. The number of carbonyl (C=O) groups excluding carboxylic acids is 1. The van der Waals surface area contributed by atoms with Gasteiger partial charge in [0.1, 0.15) is 18.2 Å². The molecule has 0 spiro atoms. The first-order valence-corrected chi connectivity index (χ1v) is 9.66. The zero-order valence-electron chi connectivity index (χ0n) is 15.5. The van der Waals surface area contributed by atoms with Crippen LogP contribution in [-0.2, 0) is 19.5 Å². The van der Waals surface area contributed by atoms with Crippen LogP contribution in [0.1, 0.15) is 21.9 Å². The molecule has 1 unspecified atom stereocenters. The van der Waals surface area contributed by atoms with Gasteiger partial charge in [-0.2, -0.15) is 0 Å². The lowest BCUT2D eigenvalue weighted by molar-refractivity contribution is 0.0911. The van der Waals surface area contributed by atoms with Gasteiger partial charge in [-0.1, -0.05) is 48.5 Å². The Morgan fingerprint density at radius 2 is 1.96 bits per heavy atom. The molecule has 6 heteroatoms. The van der Waals surface area contributed by atoms with Crippen molar-refractivity contribution in [2.45, 2.75) is 25.6 Å². The van der Waals surface area contributed by atoms with Crippen molar-refractivity contribution in [3.8, 4) is 17.0 Å². The van der Waals surface area contributed by atoms with Crippen LogP contribution in [0.3, 0.4) is 0 Å². The van der Waals surface area contributed by atoms with Gasteiger partial charge in [0.05, 0.1) is 18.3 Å². The monoisotopic (exact) mass is 374 g/mol. The highest BCUT2D eigenvalue weighted by molar-refractivity contribution is 5.98. The number of nitrogens with zero attached hydrogens (tertiary/aromatic N) is 2. The Balaban J connectivity index is 1.45. The average Bonchev–Trinajstić information content (AvgIpc) is 3.14. The molecule has 0 aliphatic carbocycles. The third kappa shape index (κ3) is 3.05. The van der Waals surface area contributed by atoms with Crippen molar-refractivity contribution in [1.82, 2.24) is 20.2 Å². The molecule has 0 fully saturated rings. The first-order chi connectivity index (χ1) is 13.8. The molecule has 2 aromatic carbocycles. The molecule has 142 valence electrons. The summed E-state index contributed by atoms with van der Waals surface area (Å²) in [4.78, 5) is 17.9. The van der Waals surface area contributed by atoms with Crippen molar-refractivity contribution >= 4 is 5.91 Å². The van der Waals surface area contributed by atoms with Crippen molar-refractivity contribution in [1.29, 1.82) is 0 Å². The number of aromatic nitrogens is 2. The summed E-state index contributed by atoms with van der Waals surface area (Å²) in [5.74, 6) is 1.66. The zero-order chi connectivity index (χ0) is 18.9. The minimum absolute atomic E-state index is 0.0668. The maximum atomic E-state index is 13.2. The largest absolute Gasteiger partial charge is 0.491 e. The molecular formula is C22H22N4O2. The summed E-state index contributed by atoms with van der Waals surface area (Å²) < 4.78 is 7.98. The number of rotatable bonds is 3. The Labute approximate surface area is 163 Å². The summed E-state index contributed by atoms with van der Waals surface area (Å²) in [6, 6.07) is 17.9.